The Kier molecular flexibility index (Phi) is 5.10. The fraction of sp³-hybridized carbons (Fsp3) is 0.562. The van der Waals surface area contributed by atoms with Crippen LogP contribution in [0.25, 0.3) is 0 Å². The molecule has 1 aromatic rings. The topological polar surface area (TPSA) is 42.0 Å². The van der Waals surface area contributed by atoms with Gasteiger partial charge < -0.3 is 14.4 Å². The first-order chi connectivity index (χ1) is 10.7. The van der Waals surface area contributed by atoms with Crippen LogP contribution in [0.4, 0.5) is 0 Å². The lowest BCUT2D eigenvalue weighted by molar-refractivity contribution is -0.132. The first-order valence-corrected chi connectivity index (χ1v) is 8.80. The van der Waals surface area contributed by atoms with E-state index in [9.17, 15) is 4.79 Å². The maximum Gasteiger partial charge on any atom is 0.236 e. The van der Waals surface area contributed by atoms with Crippen LogP contribution in [0.15, 0.2) is 24.3 Å². The van der Waals surface area contributed by atoms with Crippen molar-refractivity contribution >= 4 is 17.7 Å². The average molecular weight is 322 g/mol. The maximum absolute atomic E-state index is 12.3. The molecule has 1 aromatic carbocycles. The van der Waals surface area contributed by atoms with Crippen LogP contribution in [-0.2, 0) is 4.79 Å². The van der Waals surface area contributed by atoms with Gasteiger partial charge >= 0.3 is 0 Å². The number of fused-ring (bicyclic) bond motifs is 1. The molecule has 1 amide bonds. The molecule has 2 aliphatic rings. The highest BCUT2D eigenvalue weighted by atomic mass is 32.2. The average Bonchev–Trinajstić information content (AvgIpc) is 2.55. The van der Waals surface area contributed by atoms with Crippen molar-refractivity contribution in [1.82, 2.24) is 9.80 Å². The van der Waals surface area contributed by atoms with Gasteiger partial charge in [0.1, 0.15) is 6.61 Å². The van der Waals surface area contributed by atoms with Crippen LogP contribution in [0.1, 0.15) is 0 Å². The predicted molar refractivity (Wildman–Crippen MR) is 87.8 cm³/mol. The molecule has 1 fully saturated rings. The molecular formula is C16H22N2O3S. The minimum atomic E-state index is -0.110. The van der Waals surface area contributed by atoms with E-state index in [4.69, 9.17) is 9.47 Å². The zero-order valence-electron chi connectivity index (χ0n) is 12.9. The van der Waals surface area contributed by atoms with Crippen molar-refractivity contribution in [2.75, 3.05) is 51.3 Å². The minimum absolute atomic E-state index is 0.110. The van der Waals surface area contributed by atoms with E-state index in [0.29, 0.717) is 19.7 Å². The minimum Gasteiger partial charge on any atom is -0.486 e. The van der Waals surface area contributed by atoms with Crippen LogP contribution < -0.4 is 9.47 Å². The summed E-state index contributed by atoms with van der Waals surface area (Å²) in [5.74, 6) is 3.92. The molecule has 0 aromatic heterocycles. The first-order valence-electron chi connectivity index (χ1n) is 7.65. The molecule has 0 N–H and O–H groups in total. The monoisotopic (exact) mass is 322 g/mol. The highest BCUT2D eigenvalue weighted by Crippen LogP contribution is 2.30. The number of ether oxygens (including phenoxy) is 2. The summed E-state index contributed by atoms with van der Waals surface area (Å²) >= 11 is 1.95. The fourth-order valence-electron chi connectivity index (χ4n) is 2.63. The van der Waals surface area contributed by atoms with Crippen LogP contribution >= 0.6 is 11.8 Å². The van der Waals surface area contributed by atoms with E-state index in [-0.39, 0.29) is 12.0 Å². The Hall–Kier alpha value is -1.40. The second-order valence-corrected chi connectivity index (χ2v) is 6.89. The number of benzene rings is 1. The molecule has 0 radical (unpaired) electrons. The molecule has 3 rings (SSSR count). The number of likely N-dealkylation sites (N-methyl/N-ethyl adjacent to an activating group) is 1. The van der Waals surface area contributed by atoms with E-state index >= 15 is 0 Å². The molecule has 0 unspecified atom stereocenters. The van der Waals surface area contributed by atoms with E-state index in [1.807, 2.05) is 43.1 Å². The summed E-state index contributed by atoms with van der Waals surface area (Å²) < 4.78 is 11.6. The number of nitrogens with zero attached hydrogens (tertiary/aromatic N) is 2. The maximum atomic E-state index is 12.3. The summed E-state index contributed by atoms with van der Waals surface area (Å²) in [6.45, 7) is 3.54. The van der Waals surface area contributed by atoms with Crippen molar-refractivity contribution in [2.45, 2.75) is 6.10 Å². The third kappa shape index (κ3) is 3.87. The van der Waals surface area contributed by atoms with Crippen molar-refractivity contribution in [2.24, 2.45) is 0 Å². The number of hydrogen-bond acceptors (Lipinski definition) is 5. The smallest absolute Gasteiger partial charge is 0.236 e. The van der Waals surface area contributed by atoms with Crippen LogP contribution in [0.2, 0.25) is 0 Å². The molecular weight excluding hydrogens is 300 g/mol. The van der Waals surface area contributed by atoms with Gasteiger partial charge in [-0.2, -0.15) is 11.8 Å². The third-order valence-electron chi connectivity index (χ3n) is 3.93. The molecule has 6 heteroatoms. The SMILES string of the molecule is CN(C[C@@H]1COc2ccccc2O1)C(=O)CN1CCSCC1. The van der Waals surface area contributed by atoms with Gasteiger partial charge in [-0.15, -0.1) is 0 Å². The number of hydrogen-bond donors (Lipinski definition) is 0. The predicted octanol–water partition coefficient (Wildman–Crippen LogP) is 1.33. The summed E-state index contributed by atoms with van der Waals surface area (Å²) in [4.78, 5) is 16.3. The van der Waals surface area contributed by atoms with Gasteiger partial charge in [-0.05, 0) is 12.1 Å². The normalized spacial score (nSPS) is 21.4. The van der Waals surface area contributed by atoms with Gasteiger partial charge in [0.2, 0.25) is 5.91 Å². The van der Waals surface area contributed by atoms with Crippen LogP contribution in [-0.4, -0.2) is 73.2 Å². The van der Waals surface area contributed by atoms with Gasteiger partial charge in [-0.1, -0.05) is 12.1 Å². The largest absolute Gasteiger partial charge is 0.486 e. The second kappa shape index (κ2) is 7.24. The van der Waals surface area contributed by atoms with Crippen molar-refractivity contribution in [3.8, 4) is 11.5 Å². The molecule has 0 spiro atoms. The van der Waals surface area contributed by atoms with Gasteiger partial charge in [-0.25, -0.2) is 0 Å². The summed E-state index contributed by atoms with van der Waals surface area (Å²) in [7, 11) is 1.84. The van der Waals surface area contributed by atoms with Gasteiger partial charge in [0.05, 0.1) is 13.1 Å². The van der Waals surface area contributed by atoms with Crippen molar-refractivity contribution < 1.29 is 14.3 Å². The van der Waals surface area contributed by atoms with Crippen LogP contribution in [0, 0.1) is 0 Å². The van der Waals surface area contributed by atoms with Crippen molar-refractivity contribution in [3.63, 3.8) is 0 Å². The molecule has 0 aliphatic carbocycles. The van der Waals surface area contributed by atoms with Crippen molar-refractivity contribution in [3.05, 3.63) is 24.3 Å². The molecule has 120 valence electrons. The van der Waals surface area contributed by atoms with Crippen LogP contribution in [0.5, 0.6) is 11.5 Å². The zero-order chi connectivity index (χ0) is 15.4. The molecule has 2 aliphatic heterocycles. The third-order valence-corrected chi connectivity index (χ3v) is 4.88. The number of carbonyl (C=O) groups is 1. The Labute approximate surface area is 135 Å². The number of thioether (sulfide) groups is 1. The van der Waals surface area contributed by atoms with Gasteiger partial charge in [-0.3, -0.25) is 9.69 Å². The molecule has 5 nitrogen and oxygen atoms in total. The lowest BCUT2D eigenvalue weighted by Gasteiger charge is -2.31. The Morgan fingerprint density at radius 2 is 2.05 bits per heavy atom. The number of rotatable bonds is 4. The first kappa shape index (κ1) is 15.5. The van der Waals surface area contributed by atoms with Gasteiger partial charge in [0.25, 0.3) is 0 Å². The quantitative estimate of drug-likeness (QED) is 0.837. The standard InChI is InChI=1S/C16H22N2O3S/c1-17(16(19)11-18-6-8-22-9-7-18)10-13-12-20-14-4-2-3-5-15(14)21-13/h2-5,13H,6-12H2,1H3/t13-/m1/s1. The van der Waals surface area contributed by atoms with E-state index < -0.39 is 0 Å². The Morgan fingerprint density at radius 1 is 1.32 bits per heavy atom. The summed E-state index contributed by atoms with van der Waals surface area (Å²) in [6.07, 6.45) is -0.110. The Balaban J connectivity index is 1.49. The number of para-hydroxylation sites is 2. The lowest BCUT2D eigenvalue weighted by atomic mass is 10.2. The molecule has 2 heterocycles. The number of amides is 1. The molecule has 22 heavy (non-hydrogen) atoms. The number of carbonyl (C=O) groups excluding carboxylic acids is 1. The summed E-state index contributed by atoms with van der Waals surface area (Å²) in [5.41, 5.74) is 0. The fourth-order valence-corrected chi connectivity index (χ4v) is 3.61. The van der Waals surface area contributed by atoms with Gasteiger partial charge in [0.15, 0.2) is 17.6 Å². The van der Waals surface area contributed by atoms with Crippen molar-refractivity contribution in [1.29, 1.82) is 0 Å². The summed E-state index contributed by atoms with van der Waals surface area (Å²) in [5, 5.41) is 0. The second-order valence-electron chi connectivity index (χ2n) is 5.66. The van der Waals surface area contributed by atoms with E-state index in [2.05, 4.69) is 4.90 Å². The summed E-state index contributed by atoms with van der Waals surface area (Å²) in [6, 6.07) is 7.65. The highest BCUT2D eigenvalue weighted by Gasteiger charge is 2.24. The van der Waals surface area contributed by atoms with Gasteiger partial charge in [0, 0.05) is 31.6 Å². The molecule has 0 saturated carbocycles. The van der Waals surface area contributed by atoms with Crippen LogP contribution in [0.3, 0.4) is 0 Å². The molecule has 1 atom stereocenters. The Morgan fingerprint density at radius 3 is 2.82 bits per heavy atom. The highest BCUT2D eigenvalue weighted by molar-refractivity contribution is 7.99. The van der Waals surface area contributed by atoms with E-state index in [1.54, 1.807) is 4.90 Å². The molecule has 0 bridgehead atoms. The zero-order valence-corrected chi connectivity index (χ0v) is 13.7. The Bertz CT molecular complexity index is 520. The van der Waals surface area contributed by atoms with E-state index in [1.165, 1.54) is 0 Å². The van der Waals surface area contributed by atoms with E-state index in [0.717, 1.165) is 36.1 Å². The molecule has 1 saturated heterocycles. The lowest BCUT2D eigenvalue weighted by Crippen LogP contribution is -2.46.